The third-order valence-electron chi connectivity index (χ3n) is 4.41. The van der Waals surface area contributed by atoms with E-state index in [1.54, 1.807) is 0 Å². The lowest BCUT2D eigenvalue weighted by Crippen LogP contribution is -2.65. The van der Waals surface area contributed by atoms with Gasteiger partial charge in [0.05, 0.1) is 12.7 Å². The molecule has 3 heterocycles. The Hall–Kier alpha value is -3.02. The molecule has 0 aromatic carbocycles. The fourth-order valence-electron chi connectivity index (χ4n) is 3.36. The monoisotopic (exact) mass is 396 g/mol. The molecule has 152 valence electrons. The highest BCUT2D eigenvalue weighted by molar-refractivity contribution is 5.96. The van der Waals surface area contributed by atoms with Crippen molar-refractivity contribution < 1.29 is 38.1 Å². The van der Waals surface area contributed by atoms with Crippen LogP contribution in [0.15, 0.2) is 9.98 Å². The zero-order chi connectivity index (χ0) is 20.5. The van der Waals surface area contributed by atoms with Crippen LogP contribution in [0.1, 0.15) is 20.8 Å². The molecule has 12 heteroatoms. The molecule has 0 unspecified atom stereocenters. The zero-order valence-corrected chi connectivity index (χ0v) is 15.5. The highest BCUT2D eigenvalue weighted by Crippen LogP contribution is 2.38. The van der Waals surface area contributed by atoms with Crippen molar-refractivity contribution in [3.63, 3.8) is 0 Å². The summed E-state index contributed by atoms with van der Waals surface area (Å²) in [7, 11) is 0. The summed E-state index contributed by atoms with van der Waals surface area (Å²) < 4.78 is 21.6. The third-order valence-corrected chi connectivity index (χ3v) is 4.41. The Morgan fingerprint density at radius 2 is 2.00 bits per heavy atom. The van der Waals surface area contributed by atoms with Gasteiger partial charge >= 0.3 is 17.9 Å². The number of ether oxygens (including phenoxy) is 4. The Morgan fingerprint density at radius 1 is 1.25 bits per heavy atom. The van der Waals surface area contributed by atoms with Gasteiger partial charge in [-0.1, -0.05) is 0 Å². The van der Waals surface area contributed by atoms with Gasteiger partial charge in [0.1, 0.15) is 19.3 Å². The van der Waals surface area contributed by atoms with Crippen LogP contribution in [0.25, 0.3) is 0 Å². The first-order chi connectivity index (χ1) is 13.2. The minimum Gasteiger partial charge on any atom is -0.463 e. The van der Waals surface area contributed by atoms with Gasteiger partial charge in [0.25, 0.3) is 11.6 Å². The molecule has 1 amide bonds. The number of amides is 1. The summed E-state index contributed by atoms with van der Waals surface area (Å²) in [5.74, 6) is -2.25. The number of rotatable bonds is 5. The van der Waals surface area contributed by atoms with Gasteiger partial charge in [0.2, 0.25) is 0 Å². The molecule has 0 aromatic heterocycles. The fourth-order valence-corrected chi connectivity index (χ4v) is 3.36. The lowest BCUT2D eigenvalue weighted by Gasteiger charge is -2.42. The summed E-state index contributed by atoms with van der Waals surface area (Å²) in [6.07, 6.45) is -0.337. The Labute approximate surface area is 159 Å². The standard InChI is InChI=1S/C16H20N4O8/c1-8(21)25-4-11-13(27-9(2)22)16(5-26-11,28-10(3)23)20-7-19-12-14(20)17-6-18-15(12)24/h6-7,11-14H,4-5H2,1-3H3,(H,17,18,24)/t11-,12-,13+,14+,16+/m0/s1. The molecule has 0 spiro atoms. The first-order valence-electron chi connectivity index (χ1n) is 8.50. The van der Waals surface area contributed by atoms with Crippen molar-refractivity contribution in [2.24, 2.45) is 9.98 Å². The van der Waals surface area contributed by atoms with Crippen LogP contribution in [-0.4, -0.2) is 84.7 Å². The summed E-state index contributed by atoms with van der Waals surface area (Å²) in [5, 5.41) is 2.45. The van der Waals surface area contributed by atoms with E-state index >= 15 is 0 Å². The second kappa shape index (κ2) is 7.54. The molecule has 0 aliphatic carbocycles. The van der Waals surface area contributed by atoms with Crippen LogP contribution in [0.3, 0.4) is 0 Å². The van der Waals surface area contributed by atoms with Crippen LogP contribution in [0.5, 0.6) is 0 Å². The maximum Gasteiger partial charge on any atom is 0.304 e. The van der Waals surface area contributed by atoms with E-state index in [1.165, 1.54) is 38.3 Å². The minimum absolute atomic E-state index is 0.219. The van der Waals surface area contributed by atoms with Crippen LogP contribution in [-0.2, 0) is 38.1 Å². The number of fused-ring (bicyclic) bond motifs is 1. The van der Waals surface area contributed by atoms with Crippen molar-refractivity contribution in [2.45, 2.75) is 50.9 Å². The van der Waals surface area contributed by atoms with E-state index in [9.17, 15) is 19.2 Å². The number of esters is 3. The van der Waals surface area contributed by atoms with Crippen LogP contribution >= 0.6 is 0 Å². The van der Waals surface area contributed by atoms with Gasteiger partial charge in [-0.2, -0.15) is 0 Å². The van der Waals surface area contributed by atoms with Crippen molar-refractivity contribution in [3.05, 3.63) is 0 Å². The van der Waals surface area contributed by atoms with Crippen molar-refractivity contribution in [1.82, 2.24) is 10.2 Å². The van der Waals surface area contributed by atoms with Crippen LogP contribution in [0.2, 0.25) is 0 Å². The lowest BCUT2D eigenvalue weighted by atomic mass is 10.0. The lowest BCUT2D eigenvalue weighted by molar-refractivity contribution is -0.205. The van der Waals surface area contributed by atoms with Crippen molar-refractivity contribution in [3.8, 4) is 0 Å². The number of hydrogen-bond acceptors (Lipinski definition) is 11. The molecule has 0 bridgehead atoms. The molecule has 1 fully saturated rings. The maximum atomic E-state index is 12.0. The van der Waals surface area contributed by atoms with Crippen molar-refractivity contribution in [2.75, 3.05) is 13.2 Å². The Morgan fingerprint density at radius 3 is 2.64 bits per heavy atom. The maximum absolute atomic E-state index is 12.0. The van der Waals surface area contributed by atoms with Gasteiger partial charge in [-0.15, -0.1) is 0 Å². The largest absolute Gasteiger partial charge is 0.463 e. The Bertz CT molecular complexity index is 753. The van der Waals surface area contributed by atoms with Crippen LogP contribution in [0.4, 0.5) is 0 Å². The van der Waals surface area contributed by atoms with E-state index in [1.807, 2.05) is 0 Å². The van der Waals surface area contributed by atoms with E-state index in [-0.39, 0.29) is 19.1 Å². The molecule has 0 saturated carbocycles. The SMILES string of the molecule is CC(=O)OC[C@@H]1OC[C@](OC(C)=O)(N2C=N[C@@H]3C(=O)NC=N[C@@H]32)[C@@H]1OC(C)=O. The van der Waals surface area contributed by atoms with Gasteiger partial charge in [0.15, 0.2) is 18.3 Å². The topological polar surface area (TPSA) is 145 Å². The number of nitrogens with one attached hydrogen (secondary N) is 1. The fraction of sp³-hybridized carbons (Fsp3) is 0.625. The van der Waals surface area contributed by atoms with E-state index < -0.39 is 48.0 Å². The highest BCUT2D eigenvalue weighted by Gasteiger charge is 2.62. The van der Waals surface area contributed by atoms with Gasteiger partial charge in [-0.25, -0.2) is 4.99 Å². The number of carbonyl (C=O) groups is 4. The van der Waals surface area contributed by atoms with Crippen molar-refractivity contribution in [1.29, 1.82) is 0 Å². The quantitative estimate of drug-likeness (QED) is 0.426. The van der Waals surface area contributed by atoms with Crippen molar-refractivity contribution >= 4 is 36.5 Å². The van der Waals surface area contributed by atoms with Crippen LogP contribution < -0.4 is 5.32 Å². The highest BCUT2D eigenvalue weighted by atomic mass is 16.7. The smallest absolute Gasteiger partial charge is 0.304 e. The number of carbonyl (C=O) groups excluding carboxylic acids is 4. The zero-order valence-electron chi connectivity index (χ0n) is 15.5. The average Bonchev–Trinajstić information content (AvgIpc) is 3.16. The minimum atomic E-state index is -1.64. The van der Waals surface area contributed by atoms with Gasteiger partial charge in [0, 0.05) is 20.8 Å². The molecule has 1 saturated heterocycles. The first kappa shape index (κ1) is 19.7. The molecular weight excluding hydrogens is 376 g/mol. The molecule has 12 nitrogen and oxygen atoms in total. The van der Waals surface area contributed by atoms with E-state index in [0.717, 1.165) is 0 Å². The molecular formula is C16H20N4O8. The van der Waals surface area contributed by atoms with Gasteiger partial charge < -0.3 is 24.3 Å². The second-order valence-corrected chi connectivity index (χ2v) is 6.44. The number of aliphatic imine (C=N–C) groups is 2. The molecule has 3 aliphatic heterocycles. The molecule has 1 N–H and O–H groups in total. The summed E-state index contributed by atoms with van der Waals surface area (Å²) >= 11 is 0. The molecule has 0 radical (unpaired) electrons. The summed E-state index contributed by atoms with van der Waals surface area (Å²) in [6, 6.07) is -0.858. The predicted molar refractivity (Wildman–Crippen MR) is 91.0 cm³/mol. The van der Waals surface area contributed by atoms with Crippen LogP contribution in [0, 0.1) is 0 Å². The summed E-state index contributed by atoms with van der Waals surface area (Å²) in [5.41, 5.74) is -1.64. The van der Waals surface area contributed by atoms with Gasteiger partial charge in [-0.05, 0) is 0 Å². The van der Waals surface area contributed by atoms with E-state index in [0.29, 0.717) is 0 Å². The van der Waals surface area contributed by atoms with E-state index in [2.05, 4.69) is 15.3 Å². The predicted octanol–water partition coefficient (Wildman–Crippen LogP) is -1.66. The Kier molecular flexibility index (Phi) is 5.31. The molecule has 3 rings (SSSR count). The second-order valence-electron chi connectivity index (χ2n) is 6.44. The molecule has 5 atom stereocenters. The summed E-state index contributed by atoms with van der Waals surface area (Å²) in [6.45, 7) is 3.16. The summed E-state index contributed by atoms with van der Waals surface area (Å²) in [4.78, 5) is 56.6. The Balaban J connectivity index is 1.98. The molecule has 0 aromatic rings. The average molecular weight is 396 g/mol. The van der Waals surface area contributed by atoms with E-state index in [4.69, 9.17) is 18.9 Å². The normalized spacial score (nSPS) is 33.2. The molecule has 28 heavy (non-hydrogen) atoms. The third kappa shape index (κ3) is 3.54. The number of nitrogens with zero attached hydrogens (tertiary/aromatic N) is 3. The molecule has 3 aliphatic rings. The number of hydrogen-bond donors (Lipinski definition) is 1. The van der Waals surface area contributed by atoms with Gasteiger partial charge in [-0.3, -0.25) is 29.1 Å². The first-order valence-corrected chi connectivity index (χ1v) is 8.50.